The van der Waals surface area contributed by atoms with Crippen LogP contribution in [0.4, 0.5) is 4.39 Å². The van der Waals surface area contributed by atoms with Crippen LogP contribution >= 0.6 is 0 Å². The lowest BCUT2D eigenvalue weighted by molar-refractivity contribution is -0.132. The molecule has 0 saturated carbocycles. The number of halogens is 1. The van der Waals surface area contributed by atoms with E-state index in [1.54, 1.807) is 18.2 Å². The quantitative estimate of drug-likeness (QED) is 0.794. The van der Waals surface area contributed by atoms with Crippen molar-refractivity contribution in [3.8, 4) is 0 Å². The smallest absolute Gasteiger partial charge is 0.126 e. The van der Waals surface area contributed by atoms with Gasteiger partial charge in [0.2, 0.25) is 0 Å². The summed E-state index contributed by atoms with van der Waals surface area (Å²) in [4.78, 5) is 11.6. The van der Waals surface area contributed by atoms with Gasteiger partial charge in [0.25, 0.3) is 0 Å². The Kier molecular flexibility index (Phi) is 5.16. The van der Waals surface area contributed by atoms with Gasteiger partial charge >= 0.3 is 0 Å². The number of ether oxygens (including phenoxy) is 2. The van der Waals surface area contributed by atoms with Crippen molar-refractivity contribution in [1.29, 1.82) is 0 Å². The Bertz CT molecular complexity index is 644. The largest absolute Gasteiger partial charge is 0.378 e. The van der Waals surface area contributed by atoms with Crippen molar-refractivity contribution >= 4 is 6.29 Å². The zero-order valence-corrected chi connectivity index (χ0v) is 12.7. The highest BCUT2D eigenvalue weighted by atomic mass is 19.1. The van der Waals surface area contributed by atoms with E-state index in [0.29, 0.717) is 25.4 Å². The molecule has 23 heavy (non-hydrogen) atoms. The Morgan fingerprint density at radius 3 is 2.57 bits per heavy atom. The van der Waals surface area contributed by atoms with E-state index < -0.39 is 5.92 Å². The van der Waals surface area contributed by atoms with Crippen molar-refractivity contribution in [3.05, 3.63) is 71.5 Å². The van der Waals surface area contributed by atoms with Crippen LogP contribution in [0.15, 0.2) is 54.6 Å². The van der Waals surface area contributed by atoms with Gasteiger partial charge in [0.15, 0.2) is 0 Å². The van der Waals surface area contributed by atoms with E-state index in [0.717, 1.165) is 11.8 Å². The molecule has 120 valence electrons. The molecule has 0 aliphatic carbocycles. The minimum absolute atomic E-state index is 0.309. The molecular weight excluding hydrogens is 295 g/mol. The predicted octanol–water partition coefficient (Wildman–Crippen LogP) is 3.34. The van der Waals surface area contributed by atoms with E-state index in [-0.39, 0.29) is 17.8 Å². The molecule has 3 atom stereocenters. The first-order valence-electron chi connectivity index (χ1n) is 7.72. The lowest BCUT2D eigenvalue weighted by atomic mass is 9.82. The molecule has 4 heteroatoms. The van der Waals surface area contributed by atoms with Gasteiger partial charge in [-0.3, -0.25) is 0 Å². The average Bonchev–Trinajstić information content (AvgIpc) is 2.61. The number of aldehydes is 1. The van der Waals surface area contributed by atoms with Crippen molar-refractivity contribution in [1.82, 2.24) is 0 Å². The van der Waals surface area contributed by atoms with Crippen molar-refractivity contribution in [2.75, 3.05) is 13.2 Å². The molecular formula is C19H19FO3. The van der Waals surface area contributed by atoms with E-state index in [1.807, 2.05) is 30.3 Å². The molecule has 0 bridgehead atoms. The first kappa shape index (κ1) is 15.8. The van der Waals surface area contributed by atoms with E-state index >= 15 is 0 Å². The molecule has 3 nitrogen and oxygen atoms in total. The zero-order valence-electron chi connectivity index (χ0n) is 12.7. The maximum atomic E-state index is 14.0. The summed E-state index contributed by atoms with van der Waals surface area (Å²) < 4.78 is 25.5. The van der Waals surface area contributed by atoms with Crippen LogP contribution in [0, 0.1) is 11.7 Å². The predicted molar refractivity (Wildman–Crippen MR) is 84.5 cm³/mol. The lowest BCUT2D eigenvalue weighted by Crippen LogP contribution is -2.41. The molecule has 0 amide bonds. The van der Waals surface area contributed by atoms with Crippen molar-refractivity contribution in [3.63, 3.8) is 0 Å². The first-order chi connectivity index (χ1) is 11.3. The Balaban J connectivity index is 1.74. The Hall–Kier alpha value is -2.04. The van der Waals surface area contributed by atoms with Crippen molar-refractivity contribution in [2.45, 2.75) is 18.6 Å². The minimum Gasteiger partial charge on any atom is -0.378 e. The molecule has 3 rings (SSSR count). The number of carbonyl (C=O) groups is 1. The minimum atomic E-state index is -0.413. The van der Waals surface area contributed by atoms with Gasteiger partial charge in [0.1, 0.15) is 12.1 Å². The molecule has 1 fully saturated rings. The van der Waals surface area contributed by atoms with Gasteiger partial charge < -0.3 is 14.3 Å². The third-order valence-corrected chi connectivity index (χ3v) is 4.24. The molecule has 3 unspecified atom stereocenters. The van der Waals surface area contributed by atoms with Crippen LogP contribution < -0.4 is 0 Å². The van der Waals surface area contributed by atoms with E-state index in [1.165, 1.54) is 6.07 Å². The fraction of sp³-hybridized carbons (Fsp3) is 0.316. The molecule has 1 aliphatic heterocycles. The molecule has 0 aromatic heterocycles. The number of hydrogen-bond donors (Lipinski definition) is 0. The van der Waals surface area contributed by atoms with Crippen LogP contribution in [0.3, 0.4) is 0 Å². The second kappa shape index (κ2) is 7.49. The lowest BCUT2D eigenvalue weighted by Gasteiger charge is -2.35. The van der Waals surface area contributed by atoms with Crippen molar-refractivity contribution in [2.24, 2.45) is 5.92 Å². The van der Waals surface area contributed by atoms with Gasteiger partial charge in [-0.15, -0.1) is 0 Å². The van der Waals surface area contributed by atoms with E-state index in [9.17, 15) is 9.18 Å². The maximum absolute atomic E-state index is 14.0. The van der Waals surface area contributed by atoms with Gasteiger partial charge in [-0.1, -0.05) is 48.5 Å². The Labute approximate surface area is 135 Å². The van der Waals surface area contributed by atoms with E-state index in [2.05, 4.69) is 0 Å². The third-order valence-electron chi connectivity index (χ3n) is 4.24. The first-order valence-corrected chi connectivity index (χ1v) is 7.72. The summed E-state index contributed by atoms with van der Waals surface area (Å²) in [5.41, 5.74) is 1.54. The van der Waals surface area contributed by atoms with Crippen LogP contribution in [-0.4, -0.2) is 25.6 Å². The highest BCUT2D eigenvalue weighted by molar-refractivity contribution is 5.57. The molecule has 0 N–H and O–H groups in total. The van der Waals surface area contributed by atoms with Crippen LogP contribution in [0.1, 0.15) is 17.0 Å². The highest BCUT2D eigenvalue weighted by Crippen LogP contribution is 2.33. The molecule has 0 radical (unpaired) electrons. The molecule has 2 aromatic carbocycles. The number of hydrogen-bond acceptors (Lipinski definition) is 3. The van der Waals surface area contributed by atoms with Crippen LogP contribution in [0.25, 0.3) is 0 Å². The van der Waals surface area contributed by atoms with Crippen LogP contribution in [0.5, 0.6) is 0 Å². The van der Waals surface area contributed by atoms with Gasteiger partial charge in [0, 0.05) is 5.92 Å². The number of rotatable bonds is 5. The van der Waals surface area contributed by atoms with Gasteiger partial charge in [-0.25, -0.2) is 4.39 Å². The molecule has 2 aromatic rings. The average molecular weight is 314 g/mol. The van der Waals surface area contributed by atoms with Gasteiger partial charge in [-0.05, 0) is 17.2 Å². The fourth-order valence-electron chi connectivity index (χ4n) is 2.98. The third kappa shape index (κ3) is 3.66. The second-order valence-electron chi connectivity index (χ2n) is 5.71. The summed E-state index contributed by atoms with van der Waals surface area (Å²) in [6.45, 7) is 1.08. The van der Waals surface area contributed by atoms with Gasteiger partial charge in [-0.2, -0.15) is 0 Å². The summed E-state index contributed by atoms with van der Waals surface area (Å²) in [5.74, 6) is -1.04. The summed E-state index contributed by atoms with van der Waals surface area (Å²) >= 11 is 0. The van der Waals surface area contributed by atoms with E-state index in [4.69, 9.17) is 9.47 Å². The molecule has 0 spiro atoms. The summed E-state index contributed by atoms with van der Waals surface area (Å²) in [7, 11) is 0. The second-order valence-corrected chi connectivity index (χ2v) is 5.71. The van der Waals surface area contributed by atoms with Gasteiger partial charge in [0.05, 0.1) is 31.8 Å². The standard InChI is InChI=1S/C19H19FO3/c20-18-9-5-4-8-15(18)17-12-22-13-19(16(17)10-21)23-11-14-6-2-1-3-7-14/h1-10,16-17,19H,11-13H2. The zero-order chi connectivity index (χ0) is 16.1. The normalized spacial score (nSPS) is 24.3. The molecule has 1 saturated heterocycles. The maximum Gasteiger partial charge on any atom is 0.126 e. The topological polar surface area (TPSA) is 35.5 Å². The highest BCUT2D eigenvalue weighted by Gasteiger charge is 2.36. The van der Waals surface area contributed by atoms with Crippen LogP contribution in [-0.2, 0) is 20.9 Å². The van der Waals surface area contributed by atoms with Crippen molar-refractivity contribution < 1.29 is 18.7 Å². The fourth-order valence-corrected chi connectivity index (χ4v) is 2.98. The number of carbonyl (C=O) groups excluding carboxylic acids is 1. The summed E-state index contributed by atoms with van der Waals surface area (Å²) in [5, 5.41) is 0. The SMILES string of the molecule is O=CC1C(OCc2ccccc2)COCC1c1ccccc1F. The Morgan fingerprint density at radius 2 is 1.83 bits per heavy atom. The number of benzene rings is 2. The summed E-state index contributed by atoms with van der Waals surface area (Å²) in [6, 6.07) is 16.3. The monoisotopic (exact) mass is 314 g/mol. The Morgan fingerprint density at radius 1 is 1.09 bits per heavy atom. The molecule has 1 heterocycles. The molecule has 1 aliphatic rings. The summed E-state index contributed by atoms with van der Waals surface area (Å²) in [6.07, 6.45) is 0.501. The van der Waals surface area contributed by atoms with Crippen LogP contribution in [0.2, 0.25) is 0 Å².